The number of benzene rings is 3. The Morgan fingerprint density at radius 3 is 2.58 bits per heavy atom. The van der Waals surface area contributed by atoms with Gasteiger partial charge >= 0.3 is 5.97 Å². The summed E-state index contributed by atoms with van der Waals surface area (Å²) in [6, 6.07) is 16.9. The Balaban J connectivity index is 1.60. The van der Waals surface area contributed by atoms with Gasteiger partial charge in [0.15, 0.2) is 11.5 Å². The van der Waals surface area contributed by atoms with Crippen LogP contribution in [0.4, 0.5) is 4.79 Å². The van der Waals surface area contributed by atoms with Gasteiger partial charge in [0.25, 0.3) is 11.1 Å². The molecule has 0 bridgehead atoms. The SMILES string of the molecule is CCOc1cc(/C=C2\SC(=O)N(Cc3ccccc3Br)C2=O)cc(Cl)c1OC(=O)c1cccc(Cl)c1. The Morgan fingerprint density at radius 2 is 1.86 bits per heavy atom. The van der Waals surface area contributed by atoms with E-state index in [-0.39, 0.29) is 45.4 Å². The molecule has 0 spiro atoms. The van der Waals surface area contributed by atoms with Crippen LogP contribution in [0.1, 0.15) is 28.4 Å². The molecule has 0 saturated carbocycles. The molecule has 1 aliphatic heterocycles. The molecule has 2 amide bonds. The largest absolute Gasteiger partial charge is 0.490 e. The van der Waals surface area contributed by atoms with E-state index >= 15 is 0 Å². The molecular weight excluding hydrogens is 589 g/mol. The Morgan fingerprint density at radius 1 is 1.08 bits per heavy atom. The molecule has 0 atom stereocenters. The van der Waals surface area contributed by atoms with Crippen LogP contribution in [0.2, 0.25) is 10.0 Å². The van der Waals surface area contributed by atoms with Crippen molar-refractivity contribution in [3.63, 3.8) is 0 Å². The summed E-state index contributed by atoms with van der Waals surface area (Å²) in [4.78, 5) is 39.6. The molecule has 0 N–H and O–H groups in total. The van der Waals surface area contributed by atoms with E-state index in [1.807, 2.05) is 24.3 Å². The van der Waals surface area contributed by atoms with Crippen molar-refractivity contribution in [2.24, 2.45) is 0 Å². The number of hydrogen-bond donors (Lipinski definition) is 0. The first kappa shape index (κ1) is 26.3. The summed E-state index contributed by atoms with van der Waals surface area (Å²) in [6.45, 7) is 2.20. The molecule has 1 heterocycles. The van der Waals surface area contributed by atoms with Crippen molar-refractivity contribution in [2.75, 3.05) is 6.61 Å². The van der Waals surface area contributed by atoms with Crippen molar-refractivity contribution >= 4 is 74.1 Å². The highest BCUT2D eigenvalue weighted by atomic mass is 79.9. The minimum absolute atomic E-state index is 0.0441. The van der Waals surface area contributed by atoms with E-state index in [2.05, 4.69) is 15.9 Å². The average molecular weight is 607 g/mol. The van der Waals surface area contributed by atoms with Crippen LogP contribution in [0, 0.1) is 0 Å². The molecular formula is C26H18BrCl2NO5S. The zero-order valence-electron chi connectivity index (χ0n) is 18.8. The van der Waals surface area contributed by atoms with Crippen LogP contribution in [0.15, 0.2) is 70.0 Å². The predicted molar refractivity (Wildman–Crippen MR) is 145 cm³/mol. The predicted octanol–water partition coefficient (Wildman–Crippen LogP) is 7.61. The highest BCUT2D eigenvalue weighted by Crippen LogP contribution is 2.40. The molecule has 1 aliphatic rings. The minimum atomic E-state index is -0.652. The van der Waals surface area contributed by atoms with E-state index < -0.39 is 11.9 Å². The van der Waals surface area contributed by atoms with Crippen molar-refractivity contribution in [2.45, 2.75) is 13.5 Å². The fraction of sp³-hybridized carbons (Fsp3) is 0.115. The minimum Gasteiger partial charge on any atom is -0.490 e. The molecule has 6 nitrogen and oxygen atoms in total. The number of imide groups is 1. The van der Waals surface area contributed by atoms with Crippen molar-refractivity contribution in [3.05, 3.63) is 96.8 Å². The van der Waals surface area contributed by atoms with Gasteiger partial charge in [-0.2, -0.15) is 0 Å². The normalized spacial score (nSPS) is 14.4. The monoisotopic (exact) mass is 605 g/mol. The molecule has 184 valence electrons. The number of rotatable bonds is 7. The molecule has 36 heavy (non-hydrogen) atoms. The van der Waals surface area contributed by atoms with Crippen molar-refractivity contribution < 1.29 is 23.9 Å². The average Bonchev–Trinajstić information content (AvgIpc) is 3.10. The van der Waals surface area contributed by atoms with Crippen LogP contribution < -0.4 is 9.47 Å². The molecule has 0 aliphatic carbocycles. The van der Waals surface area contributed by atoms with Crippen LogP contribution in [-0.2, 0) is 11.3 Å². The van der Waals surface area contributed by atoms with E-state index in [1.165, 1.54) is 17.0 Å². The number of amides is 2. The van der Waals surface area contributed by atoms with Gasteiger partial charge in [0, 0.05) is 9.50 Å². The molecule has 1 saturated heterocycles. The summed E-state index contributed by atoms with van der Waals surface area (Å²) in [5.74, 6) is -0.797. The maximum absolute atomic E-state index is 13.0. The second-order valence-electron chi connectivity index (χ2n) is 7.52. The molecule has 3 aromatic carbocycles. The van der Waals surface area contributed by atoms with Gasteiger partial charge in [-0.3, -0.25) is 14.5 Å². The third-order valence-corrected chi connectivity index (χ3v) is 7.24. The molecule has 3 aromatic rings. The lowest BCUT2D eigenvalue weighted by Crippen LogP contribution is -2.27. The van der Waals surface area contributed by atoms with Crippen molar-refractivity contribution in [1.29, 1.82) is 0 Å². The molecule has 4 rings (SSSR count). The van der Waals surface area contributed by atoms with Crippen LogP contribution in [0.5, 0.6) is 11.5 Å². The maximum atomic E-state index is 13.0. The van der Waals surface area contributed by atoms with Gasteiger partial charge in [0.2, 0.25) is 0 Å². The molecule has 1 fully saturated rings. The summed E-state index contributed by atoms with van der Waals surface area (Å²) in [7, 11) is 0. The standard InChI is InChI=1S/C26H18BrCl2NO5S/c1-2-34-21-11-15(10-20(29)23(21)35-25(32)16-7-5-8-18(28)13-16)12-22-24(31)30(26(33)36-22)14-17-6-3-4-9-19(17)27/h3-13H,2,14H2,1H3/b22-12-. The molecule has 0 unspecified atom stereocenters. The quantitative estimate of drug-likeness (QED) is 0.157. The third kappa shape index (κ3) is 5.95. The van der Waals surface area contributed by atoms with Crippen LogP contribution in [0.3, 0.4) is 0 Å². The van der Waals surface area contributed by atoms with Crippen LogP contribution >= 0.6 is 50.9 Å². The van der Waals surface area contributed by atoms with Gasteiger partial charge in [-0.15, -0.1) is 0 Å². The van der Waals surface area contributed by atoms with Gasteiger partial charge in [0.1, 0.15) is 0 Å². The van der Waals surface area contributed by atoms with Crippen molar-refractivity contribution in [1.82, 2.24) is 4.90 Å². The van der Waals surface area contributed by atoms with Gasteiger partial charge in [0.05, 0.1) is 28.6 Å². The first-order valence-electron chi connectivity index (χ1n) is 10.7. The van der Waals surface area contributed by atoms with Gasteiger partial charge in [-0.05, 0) is 72.3 Å². The number of halogens is 3. The Kier molecular flexibility index (Phi) is 8.41. The van der Waals surface area contributed by atoms with Gasteiger partial charge in [-0.1, -0.05) is 63.4 Å². The second-order valence-corrected chi connectivity index (χ2v) is 10.2. The van der Waals surface area contributed by atoms with E-state index in [0.717, 1.165) is 21.8 Å². The number of thioether (sulfide) groups is 1. The first-order valence-corrected chi connectivity index (χ1v) is 13.1. The zero-order valence-corrected chi connectivity index (χ0v) is 22.7. The maximum Gasteiger partial charge on any atom is 0.343 e. The lowest BCUT2D eigenvalue weighted by Gasteiger charge is -2.14. The summed E-state index contributed by atoms with van der Waals surface area (Å²) < 4.78 is 12.0. The second kappa shape index (κ2) is 11.5. The smallest absolute Gasteiger partial charge is 0.343 e. The van der Waals surface area contributed by atoms with Crippen molar-refractivity contribution in [3.8, 4) is 11.5 Å². The highest BCUT2D eigenvalue weighted by Gasteiger charge is 2.35. The summed E-state index contributed by atoms with van der Waals surface area (Å²) in [5, 5.41) is 0.129. The van der Waals surface area contributed by atoms with Gasteiger partial charge < -0.3 is 9.47 Å². The molecule has 0 radical (unpaired) electrons. The third-order valence-electron chi connectivity index (χ3n) is 5.04. The molecule has 10 heteroatoms. The Labute approximate surface area is 230 Å². The number of hydrogen-bond acceptors (Lipinski definition) is 6. The fourth-order valence-electron chi connectivity index (χ4n) is 3.38. The summed E-state index contributed by atoms with van der Waals surface area (Å²) >= 11 is 16.7. The van der Waals surface area contributed by atoms with Gasteiger partial charge in [-0.25, -0.2) is 4.79 Å². The lowest BCUT2D eigenvalue weighted by atomic mass is 10.1. The van der Waals surface area contributed by atoms with E-state index in [9.17, 15) is 14.4 Å². The fourth-order valence-corrected chi connectivity index (χ4v) is 5.08. The number of esters is 1. The Bertz CT molecular complexity index is 1390. The Hall–Kier alpha value is -2.78. The van der Waals surface area contributed by atoms with Crippen LogP contribution in [0.25, 0.3) is 6.08 Å². The highest BCUT2D eigenvalue weighted by molar-refractivity contribution is 9.10. The summed E-state index contributed by atoms with van der Waals surface area (Å²) in [6.07, 6.45) is 1.56. The topological polar surface area (TPSA) is 72.9 Å². The summed E-state index contributed by atoms with van der Waals surface area (Å²) in [5.41, 5.74) is 1.58. The van der Waals surface area contributed by atoms with Crippen LogP contribution in [-0.4, -0.2) is 28.6 Å². The van der Waals surface area contributed by atoms with E-state index in [1.54, 1.807) is 37.3 Å². The lowest BCUT2D eigenvalue weighted by molar-refractivity contribution is -0.123. The van der Waals surface area contributed by atoms with E-state index in [4.69, 9.17) is 32.7 Å². The van der Waals surface area contributed by atoms with E-state index in [0.29, 0.717) is 10.6 Å². The first-order chi connectivity index (χ1) is 17.3. The number of carbonyl (C=O) groups is 3. The number of nitrogens with zero attached hydrogens (tertiary/aromatic N) is 1. The molecule has 0 aromatic heterocycles. The number of ether oxygens (including phenoxy) is 2. The number of carbonyl (C=O) groups excluding carboxylic acids is 3. The zero-order chi connectivity index (χ0) is 25.8.